The first kappa shape index (κ1) is 22.1. The minimum absolute atomic E-state index is 0.0507. The van der Waals surface area contributed by atoms with E-state index >= 15 is 0 Å². The standard InChI is InChI=1S/C22H26N4O2S2/c1-5-14(2)16-10-6-7-11-17(16)23-20(27)15(3)29-22-26-25-21(30-22)24-18-12-8-9-13-19(18)28-4/h6-15H,5H2,1-4H3,(H,23,27)(H,24,25)/t14-,15-/m1/s1. The number of nitrogens with zero attached hydrogens (tertiary/aromatic N) is 2. The molecule has 0 unspecified atom stereocenters. The van der Waals surface area contributed by atoms with Crippen molar-refractivity contribution in [1.29, 1.82) is 0 Å². The minimum atomic E-state index is -0.304. The van der Waals surface area contributed by atoms with Crippen molar-refractivity contribution in [2.45, 2.75) is 42.7 Å². The van der Waals surface area contributed by atoms with Crippen LogP contribution in [-0.2, 0) is 4.79 Å². The van der Waals surface area contributed by atoms with Crippen LogP contribution in [0.4, 0.5) is 16.5 Å². The van der Waals surface area contributed by atoms with Gasteiger partial charge < -0.3 is 15.4 Å². The fourth-order valence-corrected chi connectivity index (χ4v) is 4.78. The third-order valence-corrected chi connectivity index (χ3v) is 6.79. The maximum atomic E-state index is 12.8. The molecule has 0 aliphatic heterocycles. The summed E-state index contributed by atoms with van der Waals surface area (Å²) in [6, 6.07) is 15.6. The average molecular weight is 443 g/mol. The van der Waals surface area contributed by atoms with Gasteiger partial charge in [-0.15, -0.1) is 10.2 Å². The van der Waals surface area contributed by atoms with E-state index in [2.05, 4.69) is 40.7 Å². The van der Waals surface area contributed by atoms with Crippen LogP contribution in [0.3, 0.4) is 0 Å². The number of para-hydroxylation sites is 3. The van der Waals surface area contributed by atoms with Gasteiger partial charge in [0.25, 0.3) is 0 Å². The van der Waals surface area contributed by atoms with Gasteiger partial charge in [0.2, 0.25) is 11.0 Å². The van der Waals surface area contributed by atoms with E-state index in [4.69, 9.17) is 4.74 Å². The Morgan fingerprint density at radius 2 is 1.80 bits per heavy atom. The number of hydrogen-bond acceptors (Lipinski definition) is 7. The first-order valence-corrected chi connectivity index (χ1v) is 11.5. The number of hydrogen-bond donors (Lipinski definition) is 2. The highest BCUT2D eigenvalue weighted by atomic mass is 32.2. The van der Waals surface area contributed by atoms with Crippen LogP contribution in [0.2, 0.25) is 0 Å². The quantitative estimate of drug-likeness (QED) is 0.400. The molecule has 2 N–H and O–H groups in total. The molecule has 0 bridgehead atoms. The van der Waals surface area contributed by atoms with Gasteiger partial charge in [-0.3, -0.25) is 4.79 Å². The molecular formula is C22H26N4O2S2. The van der Waals surface area contributed by atoms with E-state index in [1.807, 2.05) is 49.4 Å². The number of nitrogens with one attached hydrogen (secondary N) is 2. The average Bonchev–Trinajstić information content (AvgIpc) is 3.20. The maximum Gasteiger partial charge on any atom is 0.237 e. The molecule has 1 heterocycles. The van der Waals surface area contributed by atoms with Gasteiger partial charge in [0, 0.05) is 5.69 Å². The number of carbonyl (C=O) groups is 1. The molecular weight excluding hydrogens is 416 g/mol. The zero-order valence-corrected chi connectivity index (χ0v) is 19.1. The largest absolute Gasteiger partial charge is 0.495 e. The lowest BCUT2D eigenvalue weighted by Crippen LogP contribution is -2.23. The van der Waals surface area contributed by atoms with Crippen molar-refractivity contribution in [2.75, 3.05) is 17.7 Å². The predicted octanol–water partition coefficient (Wildman–Crippen LogP) is 5.92. The molecule has 2 atom stereocenters. The molecule has 0 saturated carbocycles. The van der Waals surface area contributed by atoms with Gasteiger partial charge in [-0.1, -0.05) is 67.3 Å². The van der Waals surface area contributed by atoms with Gasteiger partial charge in [-0.05, 0) is 43.0 Å². The lowest BCUT2D eigenvalue weighted by molar-refractivity contribution is -0.115. The maximum absolute atomic E-state index is 12.8. The number of ether oxygens (including phenoxy) is 1. The van der Waals surface area contributed by atoms with Crippen molar-refractivity contribution < 1.29 is 9.53 Å². The van der Waals surface area contributed by atoms with Crippen molar-refractivity contribution in [2.24, 2.45) is 0 Å². The second-order valence-corrected chi connectivity index (χ2v) is 9.41. The normalized spacial score (nSPS) is 12.8. The molecule has 1 aromatic heterocycles. The lowest BCUT2D eigenvalue weighted by Gasteiger charge is -2.17. The van der Waals surface area contributed by atoms with E-state index < -0.39 is 0 Å². The van der Waals surface area contributed by atoms with Gasteiger partial charge in [0.1, 0.15) is 5.75 Å². The SMILES string of the molecule is CC[C@@H](C)c1ccccc1NC(=O)[C@@H](C)Sc1nnc(Nc2ccccc2OC)s1. The predicted molar refractivity (Wildman–Crippen MR) is 125 cm³/mol. The highest BCUT2D eigenvalue weighted by molar-refractivity contribution is 8.02. The molecule has 2 aromatic carbocycles. The summed E-state index contributed by atoms with van der Waals surface area (Å²) in [5, 5.41) is 15.0. The van der Waals surface area contributed by atoms with Gasteiger partial charge in [-0.25, -0.2) is 0 Å². The second-order valence-electron chi connectivity index (χ2n) is 6.84. The highest BCUT2D eigenvalue weighted by Crippen LogP contribution is 2.33. The molecule has 3 rings (SSSR count). The van der Waals surface area contributed by atoms with Crippen molar-refractivity contribution in [1.82, 2.24) is 10.2 Å². The highest BCUT2D eigenvalue weighted by Gasteiger charge is 2.19. The summed E-state index contributed by atoms with van der Waals surface area (Å²) in [5.74, 6) is 1.07. The summed E-state index contributed by atoms with van der Waals surface area (Å²) in [5.41, 5.74) is 2.85. The van der Waals surface area contributed by atoms with Crippen molar-refractivity contribution in [3.05, 3.63) is 54.1 Å². The fourth-order valence-electron chi connectivity index (χ4n) is 2.87. The van der Waals surface area contributed by atoms with Gasteiger partial charge in [0.15, 0.2) is 4.34 Å². The summed E-state index contributed by atoms with van der Waals surface area (Å²) in [6.45, 7) is 6.19. The van der Waals surface area contributed by atoms with Gasteiger partial charge >= 0.3 is 0 Å². The minimum Gasteiger partial charge on any atom is -0.495 e. The van der Waals surface area contributed by atoms with E-state index in [9.17, 15) is 4.79 Å². The van der Waals surface area contributed by atoms with Crippen LogP contribution in [0.15, 0.2) is 52.9 Å². The molecule has 30 heavy (non-hydrogen) atoms. The topological polar surface area (TPSA) is 76.1 Å². The fraction of sp³-hybridized carbons (Fsp3) is 0.318. The number of thioether (sulfide) groups is 1. The first-order valence-electron chi connectivity index (χ1n) is 9.81. The van der Waals surface area contributed by atoms with E-state index in [-0.39, 0.29) is 11.2 Å². The molecule has 0 fully saturated rings. The van der Waals surface area contributed by atoms with Crippen molar-refractivity contribution >= 4 is 45.5 Å². The molecule has 1 amide bonds. The molecule has 0 aliphatic rings. The summed E-state index contributed by atoms with van der Waals surface area (Å²) in [4.78, 5) is 12.8. The number of anilines is 3. The zero-order valence-electron chi connectivity index (χ0n) is 17.5. The van der Waals surface area contributed by atoms with Crippen LogP contribution in [0.5, 0.6) is 5.75 Å². The number of methoxy groups -OCH3 is 1. The zero-order chi connectivity index (χ0) is 21.5. The van der Waals surface area contributed by atoms with Crippen LogP contribution in [0.1, 0.15) is 38.7 Å². The molecule has 3 aromatic rings. The van der Waals surface area contributed by atoms with Gasteiger partial charge in [-0.2, -0.15) is 0 Å². The molecule has 0 saturated heterocycles. The summed E-state index contributed by atoms with van der Waals surface area (Å²) < 4.78 is 6.07. The Balaban J connectivity index is 1.63. The summed E-state index contributed by atoms with van der Waals surface area (Å²) >= 11 is 2.80. The summed E-state index contributed by atoms with van der Waals surface area (Å²) in [7, 11) is 1.63. The van der Waals surface area contributed by atoms with Crippen LogP contribution in [-0.4, -0.2) is 28.5 Å². The number of aromatic nitrogens is 2. The van der Waals surface area contributed by atoms with Crippen LogP contribution in [0.25, 0.3) is 0 Å². The summed E-state index contributed by atoms with van der Waals surface area (Å²) in [6.07, 6.45) is 1.02. The third-order valence-electron chi connectivity index (χ3n) is 4.76. The number of benzene rings is 2. The molecule has 8 heteroatoms. The molecule has 0 spiro atoms. The Hall–Kier alpha value is -2.58. The second kappa shape index (κ2) is 10.4. The third kappa shape index (κ3) is 5.52. The lowest BCUT2D eigenvalue weighted by atomic mass is 9.97. The number of carbonyl (C=O) groups excluding carboxylic acids is 1. The molecule has 0 radical (unpaired) electrons. The molecule has 6 nitrogen and oxygen atoms in total. The first-order chi connectivity index (χ1) is 14.5. The van der Waals surface area contributed by atoms with E-state index in [1.54, 1.807) is 7.11 Å². The van der Waals surface area contributed by atoms with Crippen LogP contribution >= 0.6 is 23.1 Å². The van der Waals surface area contributed by atoms with E-state index in [0.717, 1.165) is 33.4 Å². The van der Waals surface area contributed by atoms with Crippen LogP contribution in [0, 0.1) is 0 Å². The Labute approximate surface area is 185 Å². The Kier molecular flexibility index (Phi) is 7.70. The Morgan fingerprint density at radius 3 is 2.53 bits per heavy atom. The van der Waals surface area contributed by atoms with E-state index in [1.165, 1.54) is 23.1 Å². The monoisotopic (exact) mass is 442 g/mol. The Bertz CT molecular complexity index is 993. The number of amides is 1. The van der Waals surface area contributed by atoms with Crippen molar-refractivity contribution in [3.63, 3.8) is 0 Å². The number of rotatable bonds is 9. The Morgan fingerprint density at radius 1 is 1.10 bits per heavy atom. The molecule has 158 valence electrons. The van der Waals surface area contributed by atoms with Crippen LogP contribution < -0.4 is 15.4 Å². The smallest absolute Gasteiger partial charge is 0.237 e. The van der Waals surface area contributed by atoms with Gasteiger partial charge in [0.05, 0.1) is 18.0 Å². The molecule has 0 aliphatic carbocycles. The van der Waals surface area contributed by atoms with Crippen molar-refractivity contribution in [3.8, 4) is 5.75 Å². The van der Waals surface area contributed by atoms with E-state index in [0.29, 0.717) is 11.0 Å².